The number of allylic oxidation sites excluding steroid dienone is 6. The second kappa shape index (κ2) is 21.4. The number of nitrogens with two attached hydrogens (primary N) is 1. The lowest BCUT2D eigenvalue weighted by atomic mass is 9.81. The van der Waals surface area contributed by atoms with Gasteiger partial charge in [-0.3, -0.25) is 38.4 Å². The van der Waals surface area contributed by atoms with Crippen molar-refractivity contribution >= 4 is 107 Å². The number of pyridine rings is 2. The van der Waals surface area contributed by atoms with Crippen LogP contribution in [-0.2, 0) is 61.3 Å². The van der Waals surface area contributed by atoms with Crippen molar-refractivity contribution in [1.29, 1.82) is 0 Å². The largest absolute Gasteiger partial charge is 0.748 e. The summed E-state index contributed by atoms with van der Waals surface area (Å²) in [5.41, 5.74) is 1.43. The van der Waals surface area contributed by atoms with Crippen LogP contribution in [0.5, 0.6) is 0 Å². The van der Waals surface area contributed by atoms with Crippen LogP contribution < -0.4 is 20.3 Å². The molecule has 0 aliphatic carbocycles. The normalized spacial score (nSPS) is 16.3. The molecule has 0 saturated carbocycles. The highest BCUT2D eigenvalue weighted by Crippen LogP contribution is 2.49. The fourth-order valence-electron chi connectivity index (χ4n) is 8.73. The molecule has 0 saturated heterocycles. The minimum atomic E-state index is -4.67. The van der Waals surface area contributed by atoms with Gasteiger partial charge in [0.05, 0.1) is 47.9 Å². The number of sulfonamides is 1. The van der Waals surface area contributed by atoms with E-state index in [2.05, 4.69) is 25.5 Å². The molecule has 2 aliphatic heterocycles. The Kier molecular flexibility index (Phi) is 16.1. The zero-order valence-electron chi connectivity index (χ0n) is 41.3. The summed E-state index contributed by atoms with van der Waals surface area (Å²) in [6, 6.07) is 13.6. The molecule has 5 heterocycles. The van der Waals surface area contributed by atoms with Crippen LogP contribution in [0.1, 0.15) is 78.1 Å². The Morgan fingerprint density at radius 3 is 2.01 bits per heavy atom. The lowest BCUT2D eigenvalue weighted by Crippen LogP contribution is -2.28. The molecule has 5 aromatic rings. The second-order valence-electron chi connectivity index (χ2n) is 18.6. The highest BCUT2D eigenvalue weighted by atomic mass is 32.3. The molecular weight excluding hydrogens is 1130 g/mol. The third-order valence-electron chi connectivity index (χ3n) is 12.6. The van der Waals surface area contributed by atoms with Crippen LogP contribution in [0, 0.1) is 0 Å². The van der Waals surface area contributed by atoms with Gasteiger partial charge >= 0.3 is 0 Å². The van der Waals surface area contributed by atoms with E-state index in [1.54, 1.807) is 61.5 Å². The van der Waals surface area contributed by atoms with E-state index in [1.807, 2.05) is 0 Å². The van der Waals surface area contributed by atoms with Crippen LogP contribution in [0.3, 0.4) is 0 Å². The number of primary sulfonamides is 1. The molecule has 2 aromatic carbocycles. The van der Waals surface area contributed by atoms with E-state index in [1.165, 1.54) is 85.0 Å². The van der Waals surface area contributed by atoms with Crippen molar-refractivity contribution in [2.45, 2.75) is 65.5 Å². The van der Waals surface area contributed by atoms with Gasteiger partial charge in [-0.15, -0.1) is 10.2 Å². The van der Waals surface area contributed by atoms with E-state index in [0.29, 0.717) is 50.8 Å². The number of aromatic nitrogens is 4. The number of fused-ring (bicyclic) bond motifs is 2. The molecule has 7 rings (SSSR count). The molecule has 6 N–H and O–H groups in total. The maximum Gasteiger partial charge on any atom is 0.294 e. The summed E-state index contributed by atoms with van der Waals surface area (Å²) in [5.74, 6) is -2.51. The standard InChI is InChI=1S/C46H49N9O16S6/c1-45(2)33-24-31(76(66,67)68)12-15-36(33)54(20-6-22-73(58,59)60)38(45)17-9-28(10-18-39-46(3,4)34-25-32(77(69,70)71)13-16-37(34)55(39)21-7-23-74(61,62)63)35-14-8-30(27-48-35)42(57)53(5)40-19-11-29(26-49-40)41(56)50-43-51-52-44(72-43)75(47,64)65/h8-19,24-27H,6-7,20-23H2,1-5H3,(H6-,47,50,51,56,58,59,60,61,62,63,64,65,66,67,68,69,70,71). The molecule has 0 unspecified atom stereocenters. The SMILES string of the molecule is CN(C(=O)c1ccc(C(=C\C=C2\N(CCCS(=O)(=O)O)c3ccc(S(=O)(=O)O)cc3C2(C)C)/C=C/C2=[N+](CCCS(=O)(=O)[O-])c3ccc(S(=O)(=O)O)cc3C2(C)C)nc1)c1ccc(C(=O)Nc2nnc(S(N)(=O)=O)s2)cn1. The molecule has 25 nitrogen and oxygen atoms in total. The Morgan fingerprint density at radius 2 is 1.44 bits per heavy atom. The van der Waals surface area contributed by atoms with E-state index >= 15 is 0 Å². The summed E-state index contributed by atoms with van der Waals surface area (Å²) in [5, 5.41) is 14.3. The molecule has 31 heteroatoms. The van der Waals surface area contributed by atoms with Crippen molar-refractivity contribution in [3.63, 3.8) is 0 Å². The van der Waals surface area contributed by atoms with Gasteiger partial charge in [-0.05, 0) is 92.6 Å². The molecule has 0 atom stereocenters. The summed E-state index contributed by atoms with van der Waals surface area (Å²) in [6.45, 7) is 7.06. The summed E-state index contributed by atoms with van der Waals surface area (Å²) < 4.78 is 162. The van der Waals surface area contributed by atoms with Gasteiger partial charge in [-0.25, -0.2) is 27.0 Å². The van der Waals surface area contributed by atoms with Crippen molar-refractivity contribution < 1.29 is 74.5 Å². The number of hydrogen-bond donors (Lipinski definition) is 5. The predicted octanol–water partition coefficient (Wildman–Crippen LogP) is 3.91. The molecule has 77 heavy (non-hydrogen) atoms. The molecule has 0 bridgehead atoms. The fourth-order valence-corrected chi connectivity index (χ4v) is 12.1. The van der Waals surface area contributed by atoms with Crippen molar-refractivity contribution in [2.75, 3.05) is 46.8 Å². The Bertz CT molecular complexity index is 3930. The molecule has 0 fully saturated rings. The monoisotopic (exact) mass is 1180 g/mol. The van der Waals surface area contributed by atoms with Crippen molar-refractivity contribution in [2.24, 2.45) is 5.14 Å². The topological polar surface area (TPSA) is 388 Å². The quantitative estimate of drug-likeness (QED) is 0.0338. The molecule has 410 valence electrons. The Balaban J connectivity index is 1.29. The zero-order chi connectivity index (χ0) is 56.8. The lowest BCUT2D eigenvalue weighted by Gasteiger charge is -2.27. The molecule has 3 aromatic heterocycles. The van der Waals surface area contributed by atoms with Crippen LogP contribution in [-0.4, -0.2) is 134 Å². The summed E-state index contributed by atoms with van der Waals surface area (Å²) in [4.78, 5) is 37.7. The predicted molar refractivity (Wildman–Crippen MR) is 282 cm³/mol. The molecule has 2 amide bonds. The van der Waals surface area contributed by atoms with Gasteiger partial charge in [0.15, 0.2) is 5.71 Å². The van der Waals surface area contributed by atoms with Crippen molar-refractivity contribution in [3.8, 4) is 0 Å². The van der Waals surface area contributed by atoms with Gasteiger partial charge in [-0.2, -0.15) is 29.8 Å². The highest BCUT2D eigenvalue weighted by Gasteiger charge is 2.45. The smallest absolute Gasteiger partial charge is 0.294 e. The van der Waals surface area contributed by atoms with Gasteiger partial charge in [0.1, 0.15) is 12.4 Å². The van der Waals surface area contributed by atoms with Crippen LogP contribution in [0.25, 0.3) is 5.57 Å². The van der Waals surface area contributed by atoms with E-state index in [-0.39, 0.29) is 53.7 Å². The zero-order valence-corrected chi connectivity index (χ0v) is 46.2. The van der Waals surface area contributed by atoms with Gasteiger partial charge in [0.25, 0.3) is 52.2 Å². The third-order valence-corrected chi connectivity index (χ3v) is 18.0. The molecule has 2 aliphatic rings. The molecular formula is C46H49N9O16S6. The first kappa shape index (κ1) is 58.2. The van der Waals surface area contributed by atoms with Crippen molar-refractivity contribution in [3.05, 3.63) is 131 Å². The van der Waals surface area contributed by atoms with Gasteiger partial charge < -0.3 is 9.45 Å². The van der Waals surface area contributed by atoms with Gasteiger partial charge in [0.2, 0.25) is 15.2 Å². The second-order valence-corrected chi connectivity index (χ2v) is 27.2. The number of benzene rings is 2. The minimum absolute atomic E-state index is 0.0121. The number of hydrogen-bond acceptors (Lipinski definition) is 19. The van der Waals surface area contributed by atoms with E-state index in [9.17, 15) is 69.9 Å². The number of nitrogens with zero attached hydrogens (tertiary/aromatic N) is 7. The van der Waals surface area contributed by atoms with Gasteiger partial charge in [-0.1, -0.05) is 31.3 Å². The van der Waals surface area contributed by atoms with E-state index in [0.717, 1.165) is 0 Å². The number of amides is 2. The Labute approximate surface area is 447 Å². The maximum atomic E-state index is 13.9. The summed E-state index contributed by atoms with van der Waals surface area (Å²) >= 11 is 0.537. The van der Waals surface area contributed by atoms with Crippen LogP contribution in [0.15, 0.2) is 117 Å². The van der Waals surface area contributed by atoms with Gasteiger partial charge in [0, 0.05) is 78.2 Å². The lowest BCUT2D eigenvalue weighted by molar-refractivity contribution is -0.437. The van der Waals surface area contributed by atoms with Crippen molar-refractivity contribution in [1.82, 2.24) is 20.2 Å². The number of carbonyl (C=O) groups is 2. The third kappa shape index (κ3) is 13.3. The van der Waals surface area contributed by atoms with Crippen LogP contribution in [0.4, 0.5) is 22.3 Å². The first-order valence-corrected chi connectivity index (χ1v) is 31.0. The fraction of sp³-hybridized carbons (Fsp3) is 0.283. The number of carbonyl (C=O) groups excluding carboxylic acids is 2. The minimum Gasteiger partial charge on any atom is -0.748 e. The molecule has 0 radical (unpaired) electrons. The average Bonchev–Trinajstić information content (AvgIpc) is 3.99. The van der Waals surface area contributed by atoms with E-state index < -0.39 is 98.8 Å². The first-order chi connectivity index (χ1) is 35.6. The number of nitrogens with one attached hydrogen (secondary N) is 1. The summed E-state index contributed by atoms with van der Waals surface area (Å²) in [6.07, 6.45) is 8.87. The summed E-state index contributed by atoms with van der Waals surface area (Å²) in [7, 11) is -21.1. The maximum absolute atomic E-state index is 13.9. The van der Waals surface area contributed by atoms with Crippen LogP contribution in [0.2, 0.25) is 0 Å². The number of rotatable bonds is 19. The Morgan fingerprint density at radius 1 is 0.805 bits per heavy atom. The average molecular weight is 1180 g/mol. The first-order valence-electron chi connectivity index (χ1n) is 22.6. The number of anilines is 3. The highest BCUT2D eigenvalue weighted by molar-refractivity contribution is 7.91. The van der Waals surface area contributed by atoms with Crippen LogP contribution >= 0.6 is 11.3 Å². The van der Waals surface area contributed by atoms with E-state index in [4.69, 9.17) is 5.14 Å². The Hall–Kier alpha value is -6.52. The molecule has 0 spiro atoms.